The van der Waals surface area contributed by atoms with Gasteiger partial charge in [0.1, 0.15) is 12.4 Å². The predicted molar refractivity (Wildman–Crippen MR) is 114 cm³/mol. The minimum atomic E-state index is -1.96. The summed E-state index contributed by atoms with van der Waals surface area (Å²) >= 11 is 0. The van der Waals surface area contributed by atoms with Crippen LogP contribution in [0, 0.1) is 5.82 Å². The quantitative estimate of drug-likeness (QED) is 0.366. The zero-order valence-corrected chi connectivity index (χ0v) is 17.3. The van der Waals surface area contributed by atoms with Crippen LogP contribution in [0.4, 0.5) is 10.1 Å². The van der Waals surface area contributed by atoms with E-state index < -0.39 is 28.4 Å². The van der Waals surface area contributed by atoms with E-state index in [1.54, 1.807) is 13.0 Å². The Morgan fingerprint density at radius 3 is 2.69 bits per heavy atom. The number of cyclic esters (lactones) is 1. The van der Waals surface area contributed by atoms with E-state index >= 15 is 0 Å². The van der Waals surface area contributed by atoms with Crippen molar-refractivity contribution < 1.29 is 19.0 Å². The molecule has 3 aliphatic rings. The van der Waals surface area contributed by atoms with Gasteiger partial charge in [-0.1, -0.05) is 6.92 Å². The molecule has 6 rings (SSSR count). The van der Waals surface area contributed by atoms with Crippen LogP contribution in [0.3, 0.4) is 0 Å². The van der Waals surface area contributed by atoms with Crippen molar-refractivity contribution in [1.82, 2.24) is 9.13 Å². The summed E-state index contributed by atoms with van der Waals surface area (Å²) in [4.78, 5) is 39.2. The molecule has 2 aromatic heterocycles. The molecular formula is C23H20FN3O5. The van der Waals surface area contributed by atoms with Gasteiger partial charge in [0.05, 0.1) is 40.3 Å². The number of hydrogen-bond acceptors (Lipinski definition) is 6. The number of fused-ring (bicyclic) bond motifs is 5. The highest BCUT2D eigenvalue weighted by Gasteiger charge is 2.46. The van der Waals surface area contributed by atoms with Crippen molar-refractivity contribution in [2.24, 2.45) is 0 Å². The first-order valence-corrected chi connectivity index (χ1v) is 10.6. The third-order valence-electron chi connectivity index (χ3n) is 6.94. The Balaban J connectivity index is 1.73. The number of nitrogens with two attached hydrogens (primary N) is 1. The number of aliphatic hydroxyl groups is 1. The average molecular weight is 437 g/mol. The molecule has 1 saturated carbocycles. The zero-order valence-electron chi connectivity index (χ0n) is 17.3. The van der Waals surface area contributed by atoms with Gasteiger partial charge in [-0.15, -0.1) is 0 Å². The Morgan fingerprint density at radius 2 is 2.00 bits per heavy atom. The maximum atomic E-state index is 14.3. The number of carbonyl (C=O) groups is 1. The largest absolute Gasteiger partial charge is 0.458 e. The third-order valence-corrected chi connectivity index (χ3v) is 6.94. The maximum Gasteiger partial charge on any atom is 0.343 e. The molecule has 32 heavy (non-hydrogen) atoms. The molecule has 3 N–H and O–H groups in total. The molecule has 1 aromatic carbocycles. The number of carbonyl (C=O) groups excluding carboxylic acids is 1. The Morgan fingerprint density at radius 1 is 1.25 bits per heavy atom. The molecule has 1 atom stereocenters. The fourth-order valence-electron chi connectivity index (χ4n) is 5.07. The van der Waals surface area contributed by atoms with Crippen molar-refractivity contribution in [3.05, 3.63) is 61.4 Å². The van der Waals surface area contributed by atoms with Crippen LogP contribution in [0.2, 0.25) is 0 Å². The smallest absolute Gasteiger partial charge is 0.343 e. The zero-order chi connectivity index (χ0) is 22.5. The minimum Gasteiger partial charge on any atom is -0.458 e. The van der Waals surface area contributed by atoms with Crippen molar-refractivity contribution in [3.63, 3.8) is 0 Å². The molecule has 0 spiro atoms. The summed E-state index contributed by atoms with van der Waals surface area (Å²) < 4.78 is 22.8. The number of hydrogen-bond donors (Lipinski definition) is 2. The van der Waals surface area contributed by atoms with Crippen LogP contribution in [0.25, 0.3) is 22.2 Å². The number of esters is 1. The summed E-state index contributed by atoms with van der Waals surface area (Å²) in [5.41, 5.74) is 5.17. The van der Waals surface area contributed by atoms with E-state index in [9.17, 15) is 23.9 Å². The highest BCUT2D eigenvalue weighted by molar-refractivity contribution is 5.89. The second-order valence-corrected chi connectivity index (χ2v) is 8.75. The second-order valence-electron chi connectivity index (χ2n) is 8.75. The van der Waals surface area contributed by atoms with Crippen molar-refractivity contribution >= 4 is 22.6 Å². The SMILES string of the molecule is CC[C@@]1(O)C(=O)OCc2c1cc1n(c2=O)Cc2c-1c(=O)c1cc(F)c(N)cc1n2C1CC1. The molecule has 4 heterocycles. The Kier molecular flexibility index (Phi) is 3.65. The van der Waals surface area contributed by atoms with Crippen LogP contribution < -0.4 is 16.7 Å². The van der Waals surface area contributed by atoms with Gasteiger partial charge in [0.2, 0.25) is 0 Å². The first-order chi connectivity index (χ1) is 15.3. The van der Waals surface area contributed by atoms with Gasteiger partial charge >= 0.3 is 5.97 Å². The molecule has 0 amide bonds. The number of pyridine rings is 2. The van der Waals surface area contributed by atoms with E-state index in [0.717, 1.165) is 18.9 Å². The highest BCUT2D eigenvalue weighted by Crippen LogP contribution is 2.43. The monoisotopic (exact) mass is 437 g/mol. The van der Waals surface area contributed by atoms with E-state index in [0.29, 0.717) is 22.5 Å². The number of anilines is 1. The molecular weight excluding hydrogens is 417 g/mol. The number of nitrogens with zero attached hydrogens (tertiary/aromatic N) is 2. The molecule has 0 saturated heterocycles. The van der Waals surface area contributed by atoms with Crippen molar-refractivity contribution in [3.8, 4) is 11.3 Å². The fourth-order valence-corrected chi connectivity index (χ4v) is 5.07. The number of nitrogen functional groups attached to an aromatic ring is 1. The van der Waals surface area contributed by atoms with Gasteiger partial charge in [0, 0.05) is 17.0 Å². The summed E-state index contributed by atoms with van der Waals surface area (Å²) in [5.74, 6) is -1.50. The molecule has 0 radical (unpaired) electrons. The summed E-state index contributed by atoms with van der Waals surface area (Å²) in [7, 11) is 0. The summed E-state index contributed by atoms with van der Waals surface area (Å²) in [5, 5.41) is 11.2. The van der Waals surface area contributed by atoms with Gasteiger partial charge in [0.15, 0.2) is 11.0 Å². The van der Waals surface area contributed by atoms with Crippen LogP contribution >= 0.6 is 0 Å². The van der Waals surface area contributed by atoms with Crippen LogP contribution in [-0.2, 0) is 28.3 Å². The van der Waals surface area contributed by atoms with Crippen LogP contribution in [0.5, 0.6) is 0 Å². The van der Waals surface area contributed by atoms with Crippen LogP contribution in [0.1, 0.15) is 49.0 Å². The van der Waals surface area contributed by atoms with Gasteiger partial charge in [-0.25, -0.2) is 9.18 Å². The van der Waals surface area contributed by atoms with Gasteiger partial charge in [-0.2, -0.15) is 0 Å². The first kappa shape index (κ1) is 19.2. The molecule has 1 aliphatic carbocycles. The number of rotatable bonds is 2. The van der Waals surface area contributed by atoms with Gasteiger partial charge in [-0.3, -0.25) is 9.59 Å². The first-order valence-electron chi connectivity index (χ1n) is 10.6. The number of halogens is 1. The Hall–Kier alpha value is -3.46. The molecule has 164 valence electrons. The van der Waals surface area contributed by atoms with Gasteiger partial charge < -0.3 is 24.7 Å². The topological polar surface area (TPSA) is 117 Å². The molecule has 3 aromatic rings. The lowest BCUT2D eigenvalue weighted by atomic mass is 9.85. The maximum absolute atomic E-state index is 14.3. The summed E-state index contributed by atoms with van der Waals surface area (Å²) in [6.07, 6.45) is 1.83. The molecule has 0 bridgehead atoms. The molecule has 2 aliphatic heterocycles. The highest BCUT2D eigenvalue weighted by atomic mass is 19.1. The molecule has 0 unspecified atom stereocenters. The minimum absolute atomic E-state index is 0.0170. The van der Waals surface area contributed by atoms with E-state index in [1.165, 1.54) is 10.6 Å². The van der Waals surface area contributed by atoms with Crippen molar-refractivity contribution in [2.45, 2.75) is 51.0 Å². The Labute approximate surface area is 180 Å². The standard InChI is InChI=1S/C23H20FN3O5/c1-2-23(31)13-6-17-19-18(8-26(17)21(29)12(13)9-32-22(23)30)27(10-3-4-10)16-7-15(25)14(24)5-11(16)20(19)28/h5-7,10,31H,2-4,8-9,25H2,1H3/t23-/m0/s1. The van der Waals surface area contributed by atoms with Crippen LogP contribution in [0.15, 0.2) is 27.8 Å². The van der Waals surface area contributed by atoms with E-state index in [-0.39, 0.29) is 47.8 Å². The molecule has 8 nitrogen and oxygen atoms in total. The average Bonchev–Trinajstić information content (AvgIpc) is 3.53. The molecule has 9 heteroatoms. The van der Waals surface area contributed by atoms with Crippen molar-refractivity contribution in [1.29, 1.82) is 0 Å². The summed E-state index contributed by atoms with van der Waals surface area (Å²) in [6, 6.07) is 4.30. The lowest BCUT2D eigenvalue weighted by molar-refractivity contribution is -0.172. The molecule has 1 fully saturated rings. The Bertz CT molecular complexity index is 1500. The third kappa shape index (κ3) is 2.26. The normalized spacial score (nSPS) is 21.3. The van der Waals surface area contributed by atoms with Gasteiger partial charge in [-0.05, 0) is 37.5 Å². The van der Waals surface area contributed by atoms with Crippen molar-refractivity contribution in [2.75, 3.05) is 5.73 Å². The van der Waals surface area contributed by atoms with Crippen LogP contribution in [-0.4, -0.2) is 20.2 Å². The predicted octanol–water partition coefficient (Wildman–Crippen LogP) is 1.90. The van der Waals surface area contributed by atoms with E-state index in [1.807, 2.05) is 4.57 Å². The van der Waals surface area contributed by atoms with Gasteiger partial charge in [0.25, 0.3) is 5.56 Å². The second kappa shape index (κ2) is 6.07. The number of aromatic nitrogens is 2. The lowest BCUT2D eigenvalue weighted by Gasteiger charge is -2.31. The van der Waals surface area contributed by atoms with E-state index in [4.69, 9.17) is 10.5 Å². The number of benzene rings is 1. The summed E-state index contributed by atoms with van der Waals surface area (Å²) in [6.45, 7) is 1.55. The number of ether oxygens (including phenoxy) is 1. The fraction of sp³-hybridized carbons (Fsp3) is 0.348. The lowest BCUT2D eigenvalue weighted by Crippen LogP contribution is -2.44. The van der Waals surface area contributed by atoms with E-state index in [2.05, 4.69) is 0 Å².